The van der Waals surface area contributed by atoms with E-state index in [0.717, 1.165) is 11.7 Å². The minimum absolute atomic E-state index is 0.555. The highest BCUT2D eigenvalue weighted by Crippen LogP contribution is 2.34. The van der Waals surface area contributed by atoms with Crippen molar-refractivity contribution < 1.29 is 0 Å². The third-order valence-corrected chi connectivity index (χ3v) is 1.83. The number of nitrogens with two attached hydrogens (primary N) is 1. The molecule has 0 aromatic carbocycles. The highest BCUT2D eigenvalue weighted by molar-refractivity contribution is 4.99. The van der Waals surface area contributed by atoms with Gasteiger partial charge in [0, 0.05) is 18.8 Å². The van der Waals surface area contributed by atoms with Crippen LogP contribution in [0.25, 0.3) is 0 Å². The van der Waals surface area contributed by atoms with E-state index >= 15 is 0 Å². The number of rotatable bonds is 2. The summed E-state index contributed by atoms with van der Waals surface area (Å²) in [5.74, 6) is 0. The summed E-state index contributed by atoms with van der Waals surface area (Å²) < 4.78 is 2.15. The molecule has 0 unspecified atom stereocenters. The van der Waals surface area contributed by atoms with Crippen LogP contribution in [-0.4, -0.2) is 9.55 Å². The summed E-state index contributed by atoms with van der Waals surface area (Å²) in [5.41, 5.74) is 6.40. The smallest absolute Gasteiger partial charge is 0.0952 e. The Morgan fingerprint density at radius 1 is 1.70 bits per heavy atom. The summed E-state index contributed by atoms with van der Waals surface area (Å²) in [5, 5.41) is 0. The van der Waals surface area contributed by atoms with Crippen molar-refractivity contribution in [3.63, 3.8) is 0 Å². The summed E-state index contributed by atoms with van der Waals surface area (Å²) in [7, 11) is 0. The van der Waals surface area contributed by atoms with Gasteiger partial charge in [-0.05, 0) is 12.8 Å². The maximum atomic E-state index is 5.41. The molecule has 1 heterocycles. The van der Waals surface area contributed by atoms with E-state index in [0.29, 0.717) is 6.54 Å². The topological polar surface area (TPSA) is 43.8 Å². The number of hydrogen-bond donors (Lipinski definition) is 1. The molecular formula is C7H11N3. The molecular weight excluding hydrogens is 126 g/mol. The molecule has 0 aliphatic heterocycles. The number of aromatic nitrogens is 2. The molecule has 1 aliphatic carbocycles. The Hall–Kier alpha value is -0.830. The van der Waals surface area contributed by atoms with Gasteiger partial charge in [0.25, 0.3) is 0 Å². The second-order valence-electron chi connectivity index (χ2n) is 2.75. The van der Waals surface area contributed by atoms with Gasteiger partial charge in [-0.1, -0.05) is 0 Å². The fourth-order valence-electron chi connectivity index (χ4n) is 1.06. The van der Waals surface area contributed by atoms with Crippen molar-refractivity contribution in [2.75, 3.05) is 0 Å². The Morgan fingerprint density at radius 3 is 3.00 bits per heavy atom. The highest BCUT2D eigenvalue weighted by atomic mass is 15.1. The van der Waals surface area contributed by atoms with Gasteiger partial charge in [0.1, 0.15) is 0 Å². The van der Waals surface area contributed by atoms with E-state index in [2.05, 4.69) is 9.55 Å². The second kappa shape index (κ2) is 2.09. The molecule has 2 N–H and O–H groups in total. The van der Waals surface area contributed by atoms with Crippen LogP contribution in [0.4, 0.5) is 0 Å². The van der Waals surface area contributed by atoms with Crippen LogP contribution in [0.15, 0.2) is 12.5 Å². The molecule has 0 saturated heterocycles. The zero-order chi connectivity index (χ0) is 6.97. The van der Waals surface area contributed by atoms with Crippen molar-refractivity contribution in [3.8, 4) is 0 Å². The van der Waals surface area contributed by atoms with Crippen LogP contribution in [-0.2, 0) is 6.54 Å². The van der Waals surface area contributed by atoms with E-state index in [1.807, 2.05) is 12.5 Å². The molecule has 1 fully saturated rings. The lowest BCUT2D eigenvalue weighted by molar-refractivity contribution is 0.739. The van der Waals surface area contributed by atoms with Crippen LogP contribution in [0.3, 0.4) is 0 Å². The van der Waals surface area contributed by atoms with E-state index in [1.165, 1.54) is 12.8 Å². The average molecular weight is 137 g/mol. The molecule has 1 aliphatic rings. The first kappa shape index (κ1) is 5.92. The van der Waals surface area contributed by atoms with Crippen LogP contribution in [0.5, 0.6) is 0 Å². The Kier molecular flexibility index (Phi) is 1.24. The van der Waals surface area contributed by atoms with Gasteiger partial charge in [0.2, 0.25) is 0 Å². The molecule has 1 aromatic rings. The maximum Gasteiger partial charge on any atom is 0.0952 e. The predicted octanol–water partition coefficient (Wildman–Crippen LogP) is 0.677. The molecule has 1 aromatic heterocycles. The van der Waals surface area contributed by atoms with E-state index in [9.17, 15) is 0 Å². The molecule has 0 bridgehead atoms. The first-order chi connectivity index (χ1) is 4.90. The van der Waals surface area contributed by atoms with Crippen molar-refractivity contribution in [1.29, 1.82) is 0 Å². The van der Waals surface area contributed by atoms with Gasteiger partial charge in [0.15, 0.2) is 0 Å². The van der Waals surface area contributed by atoms with E-state index in [4.69, 9.17) is 5.73 Å². The van der Waals surface area contributed by atoms with Gasteiger partial charge < -0.3 is 10.3 Å². The van der Waals surface area contributed by atoms with E-state index < -0.39 is 0 Å². The monoisotopic (exact) mass is 137 g/mol. The molecule has 0 spiro atoms. The lowest BCUT2D eigenvalue weighted by Gasteiger charge is -1.92. The van der Waals surface area contributed by atoms with Crippen molar-refractivity contribution in [3.05, 3.63) is 18.2 Å². The van der Waals surface area contributed by atoms with Crippen molar-refractivity contribution in [2.45, 2.75) is 25.4 Å². The van der Waals surface area contributed by atoms with Gasteiger partial charge in [-0.2, -0.15) is 0 Å². The Bertz CT molecular complexity index is 225. The molecule has 54 valence electrons. The average Bonchev–Trinajstić information content (AvgIpc) is 2.70. The zero-order valence-corrected chi connectivity index (χ0v) is 5.83. The normalized spacial score (nSPS) is 17.7. The van der Waals surface area contributed by atoms with Gasteiger partial charge in [-0.3, -0.25) is 0 Å². The summed E-state index contributed by atoms with van der Waals surface area (Å²) >= 11 is 0. The minimum Gasteiger partial charge on any atom is -0.334 e. The Morgan fingerprint density at radius 2 is 2.50 bits per heavy atom. The molecule has 1 saturated carbocycles. The first-order valence-corrected chi connectivity index (χ1v) is 3.62. The standard InChI is InChI=1S/C7H11N3/c8-3-6-4-10(5-9-6)7-1-2-7/h4-5,7H,1-3,8H2. The molecule has 10 heavy (non-hydrogen) atoms. The van der Waals surface area contributed by atoms with Crippen LogP contribution < -0.4 is 5.73 Å². The van der Waals surface area contributed by atoms with Gasteiger partial charge in [-0.15, -0.1) is 0 Å². The third kappa shape index (κ3) is 0.926. The van der Waals surface area contributed by atoms with Crippen LogP contribution in [0.2, 0.25) is 0 Å². The fraction of sp³-hybridized carbons (Fsp3) is 0.571. The van der Waals surface area contributed by atoms with Crippen molar-refractivity contribution >= 4 is 0 Å². The number of hydrogen-bond acceptors (Lipinski definition) is 2. The van der Waals surface area contributed by atoms with Gasteiger partial charge >= 0.3 is 0 Å². The molecule has 0 amide bonds. The van der Waals surface area contributed by atoms with Crippen molar-refractivity contribution in [1.82, 2.24) is 9.55 Å². The predicted molar refractivity (Wildman–Crippen MR) is 38.4 cm³/mol. The molecule has 0 radical (unpaired) electrons. The summed E-state index contributed by atoms with van der Waals surface area (Å²) in [6, 6.07) is 0.729. The molecule has 3 nitrogen and oxygen atoms in total. The molecule has 0 atom stereocenters. The third-order valence-electron chi connectivity index (χ3n) is 1.83. The van der Waals surface area contributed by atoms with Gasteiger partial charge in [-0.25, -0.2) is 4.98 Å². The molecule has 3 heteroatoms. The van der Waals surface area contributed by atoms with Gasteiger partial charge in [0.05, 0.1) is 12.0 Å². The number of imidazole rings is 1. The summed E-state index contributed by atoms with van der Waals surface area (Å²) in [4.78, 5) is 4.13. The van der Waals surface area contributed by atoms with Crippen LogP contribution in [0, 0.1) is 0 Å². The van der Waals surface area contributed by atoms with E-state index in [-0.39, 0.29) is 0 Å². The SMILES string of the molecule is NCc1cn(C2CC2)cn1. The first-order valence-electron chi connectivity index (χ1n) is 3.62. The highest BCUT2D eigenvalue weighted by Gasteiger charge is 2.22. The minimum atomic E-state index is 0.555. The lowest BCUT2D eigenvalue weighted by atomic mass is 10.5. The summed E-state index contributed by atoms with van der Waals surface area (Å²) in [6.45, 7) is 0.555. The summed E-state index contributed by atoms with van der Waals surface area (Å²) in [6.07, 6.45) is 6.53. The zero-order valence-electron chi connectivity index (χ0n) is 5.83. The Labute approximate surface area is 59.9 Å². The fourth-order valence-corrected chi connectivity index (χ4v) is 1.06. The Balaban J connectivity index is 2.19. The van der Waals surface area contributed by atoms with Crippen molar-refractivity contribution in [2.24, 2.45) is 5.73 Å². The largest absolute Gasteiger partial charge is 0.334 e. The lowest BCUT2D eigenvalue weighted by Crippen LogP contribution is -1.95. The second-order valence-corrected chi connectivity index (χ2v) is 2.75. The van der Waals surface area contributed by atoms with Crippen LogP contribution in [0.1, 0.15) is 24.6 Å². The quantitative estimate of drug-likeness (QED) is 0.651. The van der Waals surface area contributed by atoms with E-state index in [1.54, 1.807) is 0 Å². The molecule has 2 rings (SSSR count). The van der Waals surface area contributed by atoms with Crippen LogP contribution >= 0.6 is 0 Å². The number of nitrogens with zero attached hydrogens (tertiary/aromatic N) is 2. The maximum absolute atomic E-state index is 5.41.